The largest absolute Gasteiger partial charge is 0.469 e. The Hall–Kier alpha value is -2.03. The fourth-order valence-electron chi connectivity index (χ4n) is 2.53. The predicted octanol–water partition coefficient (Wildman–Crippen LogP) is 3.32. The molecule has 0 radical (unpaired) electrons. The number of H-pyrrole nitrogens is 1. The lowest BCUT2D eigenvalue weighted by atomic mass is 10.2. The summed E-state index contributed by atoms with van der Waals surface area (Å²) < 4.78 is 4.61. The quantitative estimate of drug-likeness (QED) is 0.487. The molecule has 132 valence electrons. The molecule has 1 atom stereocenters. The van der Waals surface area contributed by atoms with Gasteiger partial charge in [-0.25, -0.2) is 4.98 Å². The fraction of sp³-hybridized carbons (Fsp3) is 0.353. The molecule has 0 saturated carbocycles. The molecule has 3 aromatic heterocycles. The molecule has 0 unspecified atom stereocenters. The van der Waals surface area contributed by atoms with Gasteiger partial charge in [-0.2, -0.15) is 0 Å². The van der Waals surface area contributed by atoms with Crippen molar-refractivity contribution in [1.29, 1.82) is 0 Å². The number of nitrogens with one attached hydrogen (secondary N) is 2. The van der Waals surface area contributed by atoms with Gasteiger partial charge in [-0.3, -0.25) is 9.59 Å². The highest BCUT2D eigenvalue weighted by Gasteiger charge is 2.16. The minimum atomic E-state index is -0.220. The van der Waals surface area contributed by atoms with Gasteiger partial charge in [0, 0.05) is 22.2 Å². The molecule has 0 aliphatic heterocycles. The summed E-state index contributed by atoms with van der Waals surface area (Å²) in [6.45, 7) is 2.58. The molecule has 0 aliphatic rings. The van der Waals surface area contributed by atoms with Crippen LogP contribution in [0.5, 0.6) is 0 Å². The molecule has 0 saturated heterocycles. The van der Waals surface area contributed by atoms with Crippen LogP contribution in [0, 0.1) is 0 Å². The number of thiophene rings is 2. The van der Waals surface area contributed by atoms with Crippen molar-refractivity contribution in [3.8, 4) is 10.4 Å². The van der Waals surface area contributed by atoms with Crippen molar-refractivity contribution >= 4 is 38.9 Å². The Morgan fingerprint density at radius 3 is 3.00 bits per heavy atom. The maximum atomic E-state index is 12.6. The first-order chi connectivity index (χ1) is 12.1. The molecule has 0 spiro atoms. The Kier molecular flexibility index (Phi) is 5.62. The highest BCUT2D eigenvalue weighted by molar-refractivity contribution is 7.18. The van der Waals surface area contributed by atoms with E-state index in [1.807, 2.05) is 29.8 Å². The van der Waals surface area contributed by atoms with Crippen LogP contribution in [0.3, 0.4) is 0 Å². The van der Waals surface area contributed by atoms with Crippen LogP contribution < -0.4 is 10.9 Å². The second-order valence-corrected chi connectivity index (χ2v) is 7.42. The van der Waals surface area contributed by atoms with E-state index in [4.69, 9.17) is 0 Å². The van der Waals surface area contributed by atoms with Crippen molar-refractivity contribution in [3.63, 3.8) is 0 Å². The number of methoxy groups -OCH3 is 1. The topological polar surface area (TPSA) is 84.1 Å². The van der Waals surface area contributed by atoms with Crippen molar-refractivity contribution in [2.45, 2.75) is 25.8 Å². The van der Waals surface area contributed by atoms with Crippen LogP contribution in [0.1, 0.15) is 31.6 Å². The van der Waals surface area contributed by atoms with Crippen molar-refractivity contribution in [2.24, 2.45) is 0 Å². The molecule has 8 heteroatoms. The van der Waals surface area contributed by atoms with E-state index in [-0.39, 0.29) is 17.6 Å². The average molecular weight is 377 g/mol. The Morgan fingerprint density at radius 2 is 2.28 bits per heavy atom. The molecule has 0 aliphatic carbocycles. The normalized spacial score (nSPS) is 12.4. The lowest BCUT2D eigenvalue weighted by Crippen LogP contribution is -2.24. The number of carbonyl (C=O) groups excluding carboxylic acids is 1. The Balaban J connectivity index is 1.75. The lowest BCUT2D eigenvalue weighted by molar-refractivity contribution is -0.140. The standard InChI is InChI=1S/C17H19N3O3S2/c1-10(18-7-3-6-13(21)23-2)15-19-16(22)14-11(9-25-17(14)20-15)12-5-4-8-24-12/h4-5,8-10,18H,3,6-7H2,1-2H3,(H,19,20,22)/t10-/m1/s1. The number of nitrogens with zero attached hydrogens (tertiary/aromatic N) is 1. The monoisotopic (exact) mass is 377 g/mol. The van der Waals surface area contributed by atoms with E-state index in [0.717, 1.165) is 15.3 Å². The van der Waals surface area contributed by atoms with Crippen LogP contribution >= 0.6 is 22.7 Å². The van der Waals surface area contributed by atoms with Gasteiger partial charge in [-0.05, 0) is 31.3 Å². The summed E-state index contributed by atoms with van der Waals surface area (Å²) >= 11 is 3.09. The Labute approximate surface area is 152 Å². The zero-order chi connectivity index (χ0) is 17.8. The van der Waals surface area contributed by atoms with Crippen molar-refractivity contribution in [3.05, 3.63) is 39.1 Å². The summed E-state index contributed by atoms with van der Waals surface area (Å²) in [4.78, 5) is 33.0. The van der Waals surface area contributed by atoms with E-state index in [2.05, 4.69) is 20.0 Å². The van der Waals surface area contributed by atoms with Gasteiger partial charge in [0.2, 0.25) is 0 Å². The second-order valence-electron chi connectivity index (χ2n) is 5.61. The molecular formula is C17H19N3O3S2. The predicted molar refractivity (Wildman–Crippen MR) is 101 cm³/mol. The van der Waals surface area contributed by atoms with Crippen LogP contribution in [-0.2, 0) is 9.53 Å². The molecule has 3 heterocycles. The van der Waals surface area contributed by atoms with E-state index in [1.54, 1.807) is 11.3 Å². The number of ether oxygens (including phenoxy) is 1. The molecule has 0 amide bonds. The van der Waals surface area contributed by atoms with Gasteiger partial charge >= 0.3 is 5.97 Å². The summed E-state index contributed by atoms with van der Waals surface area (Å²) in [5, 5.41) is 7.90. The molecule has 25 heavy (non-hydrogen) atoms. The summed E-state index contributed by atoms with van der Waals surface area (Å²) in [5.41, 5.74) is 0.821. The van der Waals surface area contributed by atoms with E-state index >= 15 is 0 Å². The average Bonchev–Trinajstić information content (AvgIpc) is 3.27. The number of aromatic amines is 1. The first-order valence-electron chi connectivity index (χ1n) is 7.95. The maximum Gasteiger partial charge on any atom is 0.305 e. The molecule has 3 aromatic rings. The van der Waals surface area contributed by atoms with Crippen LogP contribution in [0.15, 0.2) is 27.7 Å². The van der Waals surface area contributed by atoms with Crippen molar-refractivity contribution < 1.29 is 9.53 Å². The van der Waals surface area contributed by atoms with Gasteiger partial charge in [0.25, 0.3) is 5.56 Å². The number of aromatic nitrogens is 2. The van der Waals surface area contributed by atoms with Gasteiger partial charge in [-0.1, -0.05) is 6.07 Å². The Morgan fingerprint density at radius 1 is 1.44 bits per heavy atom. The molecule has 6 nitrogen and oxygen atoms in total. The summed E-state index contributed by atoms with van der Waals surface area (Å²) in [5.74, 6) is 0.386. The third-order valence-corrected chi connectivity index (χ3v) is 5.67. The van der Waals surface area contributed by atoms with Gasteiger partial charge < -0.3 is 15.0 Å². The van der Waals surface area contributed by atoms with Crippen LogP contribution in [0.4, 0.5) is 0 Å². The van der Waals surface area contributed by atoms with Gasteiger partial charge in [0.1, 0.15) is 10.7 Å². The molecular weight excluding hydrogens is 358 g/mol. The number of hydrogen-bond acceptors (Lipinski definition) is 7. The van der Waals surface area contributed by atoms with Gasteiger partial charge in [-0.15, -0.1) is 22.7 Å². The van der Waals surface area contributed by atoms with Crippen molar-refractivity contribution in [1.82, 2.24) is 15.3 Å². The first kappa shape index (κ1) is 17.8. The van der Waals surface area contributed by atoms with Crippen molar-refractivity contribution in [2.75, 3.05) is 13.7 Å². The van der Waals surface area contributed by atoms with Crippen LogP contribution in [0.2, 0.25) is 0 Å². The van der Waals surface area contributed by atoms with E-state index in [1.165, 1.54) is 18.4 Å². The number of fused-ring (bicyclic) bond motifs is 1. The number of esters is 1. The Bertz CT molecular complexity index is 915. The number of hydrogen-bond donors (Lipinski definition) is 2. The summed E-state index contributed by atoms with van der Waals surface area (Å²) in [6, 6.07) is 3.87. The highest BCUT2D eigenvalue weighted by Crippen LogP contribution is 2.33. The molecule has 0 bridgehead atoms. The summed E-state index contributed by atoms with van der Waals surface area (Å²) in [6.07, 6.45) is 1.04. The van der Waals surface area contributed by atoms with Crippen LogP contribution in [-0.4, -0.2) is 29.6 Å². The lowest BCUT2D eigenvalue weighted by Gasteiger charge is -2.12. The van der Waals surface area contributed by atoms with Crippen LogP contribution in [0.25, 0.3) is 20.7 Å². The second kappa shape index (κ2) is 7.90. The first-order valence-corrected chi connectivity index (χ1v) is 9.71. The smallest absolute Gasteiger partial charge is 0.305 e. The minimum absolute atomic E-state index is 0.109. The molecule has 3 rings (SSSR count). The van der Waals surface area contributed by atoms with E-state index in [0.29, 0.717) is 30.6 Å². The molecule has 0 aromatic carbocycles. The van der Waals surface area contributed by atoms with E-state index in [9.17, 15) is 9.59 Å². The number of carbonyl (C=O) groups is 1. The third-order valence-electron chi connectivity index (χ3n) is 3.89. The SMILES string of the molecule is COC(=O)CCCN[C@H](C)c1nc2scc(-c3cccs3)c2c(=O)[nH]1. The van der Waals surface area contributed by atoms with Gasteiger partial charge in [0.15, 0.2) is 0 Å². The third kappa shape index (κ3) is 3.97. The zero-order valence-electron chi connectivity index (χ0n) is 14.0. The minimum Gasteiger partial charge on any atom is -0.469 e. The molecule has 2 N–H and O–H groups in total. The highest BCUT2D eigenvalue weighted by atomic mass is 32.1. The fourth-order valence-corrected chi connectivity index (χ4v) is 4.30. The zero-order valence-corrected chi connectivity index (χ0v) is 15.6. The van der Waals surface area contributed by atoms with Gasteiger partial charge in [0.05, 0.1) is 18.5 Å². The van der Waals surface area contributed by atoms with E-state index < -0.39 is 0 Å². The maximum absolute atomic E-state index is 12.6. The summed E-state index contributed by atoms with van der Waals surface area (Å²) in [7, 11) is 1.38. The number of rotatable bonds is 7. The molecule has 0 fully saturated rings.